The molecule has 4 amide bonds. The van der Waals surface area contributed by atoms with E-state index in [1.165, 1.54) is 6.92 Å². The normalized spacial score (nSPS) is 14.7. The van der Waals surface area contributed by atoms with Gasteiger partial charge in [-0.2, -0.15) is 12.6 Å². The molecule has 0 fully saturated rings. The molecule has 0 spiro atoms. The largest absolute Gasteiger partial charge is 0.480 e. The summed E-state index contributed by atoms with van der Waals surface area (Å²) in [6.45, 7) is 1.67. The summed E-state index contributed by atoms with van der Waals surface area (Å²) in [4.78, 5) is 59.3. The van der Waals surface area contributed by atoms with E-state index in [1.54, 1.807) is 0 Å². The molecule has 12 nitrogen and oxygen atoms in total. The van der Waals surface area contributed by atoms with Crippen molar-refractivity contribution in [2.45, 2.75) is 63.2 Å². The average Bonchev–Trinajstić information content (AvgIpc) is 2.68. The topological polar surface area (TPSA) is 220 Å². The minimum Gasteiger partial charge on any atom is -0.480 e. The van der Waals surface area contributed by atoms with Gasteiger partial charge in [-0.3, -0.25) is 24.0 Å². The van der Waals surface area contributed by atoms with E-state index < -0.39 is 53.8 Å². The van der Waals surface area contributed by atoms with Crippen LogP contribution in [0.3, 0.4) is 0 Å². The van der Waals surface area contributed by atoms with E-state index in [0.29, 0.717) is 19.4 Å². The third-order valence-electron chi connectivity index (χ3n) is 4.15. The number of unbranched alkanes of at least 4 members (excludes halogenated alkanes) is 1. The second-order valence-electron chi connectivity index (χ2n) is 6.77. The van der Waals surface area contributed by atoms with E-state index in [-0.39, 0.29) is 25.0 Å². The van der Waals surface area contributed by atoms with Crippen molar-refractivity contribution in [2.24, 2.45) is 17.2 Å². The third-order valence-corrected chi connectivity index (χ3v) is 4.55. The fourth-order valence-electron chi connectivity index (χ4n) is 2.33. The van der Waals surface area contributed by atoms with Crippen molar-refractivity contribution in [3.05, 3.63) is 0 Å². The highest BCUT2D eigenvalue weighted by atomic mass is 32.1. The first-order chi connectivity index (χ1) is 14.0. The number of carboxylic acids is 1. The number of amides is 4. The number of carboxylic acid groups (broad SMARTS) is 1. The van der Waals surface area contributed by atoms with Crippen LogP contribution in [0.25, 0.3) is 0 Å². The molecule has 4 atom stereocenters. The van der Waals surface area contributed by atoms with Gasteiger partial charge in [0.2, 0.25) is 23.6 Å². The molecule has 13 heteroatoms. The maximum absolute atomic E-state index is 12.7. The van der Waals surface area contributed by atoms with Gasteiger partial charge in [0, 0.05) is 12.2 Å². The summed E-state index contributed by atoms with van der Waals surface area (Å²) < 4.78 is 0. The summed E-state index contributed by atoms with van der Waals surface area (Å²) in [6, 6.07) is -4.36. The van der Waals surface area contributed by atoms with Gasteiger partial charge in [0.25, 0.3) is 0 Å². The molecule has 30 heavy (non-hydrogen) atoms. The highest BCUT2D eigenvalue weighted by molar-refractivity contribution is 7.80. The van der Waals surface area contributed by atoms with Gasteiger partial charge in [-0.1, -0.05) is 0 Å². The number of rotatable bonds is 15. The van der Waals surface area contributed by atoms with Gasteiger partial charge in [0.05, 0.1) is 6.04 Å². The van der Waals surface area contributed by atoms with Crippen molar-refractivity contribution in [3.8, 4) is 0 Å². The highest BCUT2D eigenvalue weighted by Gasteiger charge is 2.29. The van der Waals surface area contributed by atoms with E-state index in [1.807, 2.05) is 0 Å². The fourth-order valence-corrected chi connectivity index (χ4v) is 2.49. The molecule has 0 aliphatic heterocycles. The molecular weight excluding hydrogens is 416 g/mol. The zero-order chi connectivity index (χ0) is 23.3. The summed E-state index contributed by atoms with van der Waals surface area (Å²) in [6.07, 6.45) is 1.00. The minimum absolute atomic E-state index is 0.0349. The molecule has 0 saturated carbocycles. The molecule has 0 aliphatic rings. The van der Waals surface area contributed by atoms with Crippen molar-refractivity contribution in [1.29, 1.82) is 0 Å². The predicted molar refractivity (Wildman–Crippen MR) is 112 cm³/mol. The molecule has 4 unspecified atom stereocenters. The Morgan fingerprint density at radius 3 is 1.97 bits per heavy atom. The van der Waals surface area contributed by atoms with Gasteiger partial charge in [-0.15, -0.1) is 0 Å². The molecule has 0 saturated heterocycles. The summed E-state index contributed by atoms with van der Waals surface area (Å²) in [5.41, 5.74) is 16.2. The second-order valence-corrected chi connectivity index (χ2v) is 7.13. The Morgan fingerprint density at radius 2 is 1.47 bits per heavy atom. The van der Waals surface area contributed by atoms with Crippen LogP contribution >= 0.6 is 12.6 Å². The Kier molecular flexibility index (Phi) is 13.4. The number of thiol groups is 1. The molecule has 0 aromatic heterocycles. The Balaban J connectivity index is 5.33. The molecule has 0 heterocycles. The average molecular weight is 449 g/mol. The summed E-state index contributed by atoms with van der Waals surface area (Å²) in [7, 11) is 0. The fraction of sp³-hybridized carbons (Fsp3) is 0.706. The first-order valence-corrected chi connectivity index (χ1v) is 10.1. The van der Waals surface area contributed by atoms with Crippen LogP contribution in [-0.2, 0) is 24.0 Å². The van der Waals surface area contributed by atoms with E-state index in [9.17, 15) is 24.0 Å². The Bertz CT molecular complexity index is 620. The van der Waals surface area contributed by atoms with Crippen molar-refractivity contribution < 1.29 is 29.1 Å². The maximum Gasteiger partial charge on any atom is 0.325 e. The number of nitrogens with one attached hydrogen (secondary N) is 3. The second kappa shape index (κ2) is 14.6. The lowest BCUT2D eigenvalue weighted by Crippen LogP contribution is -2.57. The lowest BCUT2D eigenvalue weighted by Gasteiger charge is -2.24. The predicted octanol–water partition coefficient (Wildman–Crippen LogP) is -2.80. The number of hydrogen-bond donors (Lipinski definition) is 8. The first kappa shape index (κ1) is 27.6. The molecular formula is C17H32N6O6S. The Hall–Kier alpha value is -2.38. The monoisotopic (exact) mass is 448 g/mol. The van der Waals surface area contributed by atoms with Crippen LogP contribution in [0.1, 0.15) is 39.0 Å². The maximum atomic E-state index is 12.7. The summed E-state index contributed by atoms with van der Waals surface area (Å²) in [5.74, 6) is -3.95. The smallest absolute Gasteiger partial charge is 0.325 e. The van der Waals surface area contributed by atoms with Crippen LogP contribution in [0.5, 0.6) is 0 Å². The zero-order valence-corrected chi connectivity index (χ0v) is 17.8. The number of aliphatic carboxylic acids is 1. The molecule has 0 bridgehead atoms. The lowest BCUT2D eigenvalue weighted by molar-refractivity contribution is -0.141. The quantitative estimate of drug-likeness (QED) is 0.0963. The van der Waals surface area contributed by atoms with Crippen molar-refractivity contribution in [2.75, 3.05) is 12.3 Å². The van der Waals surface area contributed by atoms with Crippen LogP contribution in [-0.4, -0.2) is 71.2 Å². The number of nitrogens with two attached hydrogens (primary N) is 3. The number of carbonyl (C=O) groups excluding carboxylic acids is 4. The molecule has 0 aromatic carbocycles. The molecule has 172 valence electrons. The minimum atomic E-state index is -1.23. The van der Waals surface area contributed by atoms with Gasteiger partial charge < -0.3 is 38.3 Å². The lowest BCUT2D eigenvalue weighted by atomic mass is 10.1. The van der Waals surface area contributed by atoms with Crippen molar-refractivity contribution in [3.63, 3.8) is 0 Å². The SMILES string of the molecule is CC(NC(=O)C(CCCCN)NC(=O)C(CCC(N)=O)NC(=O)C(N)CS)C(=O)O. The van der Waals surface area contributed by atoms with E-state index in [4.69, 9.17) is 22.3 Å². The van der Waals surface area contributed by atoms with Gasteiger partial charge in [0.1, 0.15) is 18.1 Å². The van der Waals surface area contributed by atoms with E-state index in [2.05, 4.69) is 28.6 Å². The zero-order valence-electron chi connectivity index (χ0n) is 16.9. The Labute approximate surface area is 180 Å². The van der Waals surface area contributed by atoms with Crippen LogP contribution in [0.15, 0.2) is 0 Å². The standard InChI is InChI=1S/C17H32N6O6S/c1-9(17(28)29)21-15(26)11(4-2-3-7-18)23-16(27)12(5-6-13(20)24)22-14(25)10(19)8-30/h9-12,30H,2-8,18-19H2,1H3,(H2,20,24)(H,21,26)(H,22,25)(H,23,27)(H,28,29). The molecule has 10 N–H and O–H groups in total. The number of carbonyl (C=O) groups is 5. The molecule has 0 aromatic rings. The molecule has 0 aliphatic carbocycles. The van der Waals surface area contributed by atoms with E-state index >= 15 is 0 Å². The molecule has 0 rings (SSSR count). The summed E-state index contributed by atoms with van der Waals surface area (Å²) >= 11 is 3.92. The Morgan fingerprint density at radius 1 is 0.933 bits per heavy atom. The number of primary amides is 1. The molecule has 0 radical (unpaired) electrons. The van der Waals surface area contributed by atoms with Crippen LogP contribution in [0.2, 0.25) is 0 Å². The number of hydrogen-bond acceptors (Lipinski definition) is 8. The van der Waals surface area contributed by atoms with Gasteiger partial charge in [-0.25, -0.2) is 0 Å². The van der Waals surface area contributed by atoms with Gasteiger partial charge >= 0.3 is 5.97 Å². The van der Waals surface area contributed by atoms with E-state index in [0.717, 1.165) is 0 Å². The third kappa shape index (κ3) is 11.0. The first-order valence-electron chi connectivity index (χ1n) is 9.52. The van der Waals surface area contributed by atoms with Crippen LogP contribution < -0.4 is 33.2 Å². The van der Waals surface area contributed by atoms with Gasteiger partial charge in [0.15, 0.2) is 0 Å². The van der Waals surface area contributed by atoms with Crippen LogP contribution in [0, 0.1) is 0 Å². The highest BCUT2D eigenvalue weighted by Crippen LogP contribution is 2.05. The van der Waals surface area contributed by atoms with Gasteiger partial charge in [-0.05, 0) is 39.2 Å². The summed E-state index contributed by atoms with van der Waals surface area (Å²) in [5, 5.41) is 16.2. The van der Waals surface area contributed by atoms with Crippen molar-refractivity contribution >= 4 is 42.2 Å². The van der Waals surface area contributed by atoms with Crippen molar-refractivity contribution in [1.82, 2.24) is 16.0 Å². The van der Waals surface area contributed by atoms with Crippen LogP contribution in [0.4, 0.5) is 0 Å².